The highest BCUT2D eigenvalue weighted by Crippen LogP contribution is 2.24. The first-order valence-electron chi connectivity index (χ1n) is 8.43. The second kappa shape index (κ2) is 9.91. The smallest absolute Gasteiger partial charge is 0.323 e. The van der Waals surface area contributed by atoms with Crippen molar-refractivity contribution < 1.29 is 18.7 Å². The number of halogens is 2. The number of hydrogen-bond donors (Lipinski definition) is 3. The molecule has 7 nitrogen and oxygen atoms in total. The summed E-state index contributed by atoms with van der Waals surface area (Å²) in [4.78, 5) is 26.5. The molecular formula is C19H22ClFN4O3. The van der Waals surface area contributed by atoms with Gasteiger partial charge in [0.2, 0.25) is 0 Å². The van der Waals surface area contributed by atoms with Gasteiger partial charge in [-0.3, -0.25) is 4.79 Å². The van der Waals surface area contributed by atoms with Gasteiger partial charge in [-0.25, -0.2) is 9.18 Å². The molecule has 0 unspecified atom stereocenters. The molecule has 2 rings (SSSR count). The molecule has 9 heteroatoms. The van der Waals surface area contributed by atoms with Crippen LogP contribution in [0, 0.1) is 5.82 Å². The molecule has 0 fully saturated rings. The van der Waals surface area contributed by atoms with Crippen molar-refractivity contribution in [3.63, 3.8) is 0 Å². The predicted molar refractivity (Wildman–Crippen MR) is 109 cm³/mol. The Morgan fingerprint density at radius 1 is 1.11 bits per heavy atom. The number of benzene rings is 2. The first-order chi connectivity index (χ1) is 13.3. The second-order valence-corrected chi connectivity index (χ2v) is 6.49. The normalized spacial score (nSPS) is 10.3. The fraction of sp³-hybridized carbons (Fsp3) is 0.263. The third-order valence-corrected chi connectivity index (χ3v) is 4.04. The number of hydrogen-bond acceptors (Lipinski definition) is 4. The maximum absolute atomic E-state index is 13.2. The van der Waals surface area contributed by atoms with Crippen LogP contribution >= 0.6 is 11.6 Å². The number of nitrogens with zero attached hydrogens (tertiary/aromatic N) is 1. The lowest BCUT2D eigenvalue weighted by Gasteiger charge is -2.18. The van der Waals surface area contributed by atoms with Gasteiger partial charge in [-0.15, -0.1) is 0 Å². The van der Waals surface area contributed by atoms with E-state index >= 15 is 0 Å². The Hall–Kier alpha value is -2.84. The van der Waals surface area contributed by atoms with Gasteiger partial charge in [-0.2, -0.15) is 0 Å². The van der Waals surface area contributed by atoms with E-state index in [1.165, 1.54) is 12.1 Å². The molecule has 150 valence electrons. The maximum Gasteiger partial charge on any atom is 0.323 e. The highest BCUT2D eigenvalue weighted by atomic mass is 35.5. The SMILES string of the molecule is COCCNC(=O)c1cc(NC(=O)Nc2ccc(F)c(Cl)c2)ccc1N(C)C. The number of ether oxygens (including phenoxy) is 1. The van der Waals surface area contributed by atoms with Gasteiger partial charge in [0, 0.05) is 44.8 Å². The molecular weight excluding hydrogens is 387 g/mol. The highest BCUT2D eigenvalue weighted by molar-refractivity contribution is 6.31. The molecule has 2 aromatic carbocycles. The lowest BCUT2D eigenvalue weighted by atomic mass is 10.1. The van der Waals surface area contributed by atoms with Crippen LogP contribution in [-0.4, -0.2) is 46.3 Å². The zero-order chi connectivity index (χ0) is 20.7. The van der Waals surface area contributed by atoms with E-state index in [1.807, 2.05) is 14.1 Å². The van der Waals surface area contributed by atoms with E-state index in [9.17, 15) is 14.0 Å². The Bertz CT molecular complexity index is 861. The largest absolute Gasteiger partial charge is 0.383 e. The quantitative estimate of drug-likeness (QED) is 0.612. The third kappa shape index (κ3) is 5.83. The molecule has 0 aliphatic rings. The van der Waals surface area contributed by atoms with E-state index in [4.69, 9.17) is 16.3 Å². The van der Waals surface area contributed by atoms with Crippen LogP contribution in [-0.2, 0) is 4.74 Å². The number of methoxy groups -OCH3 is 1. The average Bonchev–Trinajstić information content (AvgIpc) is 2.64. The summed E-state index contributed by atoms with van der Waals surface area (Å²) in [6.45, 7) is 0.759. The van der Waals surface area contributed by atoms with Crippen molar-refractivity contribution in [3.8, 4) is 0 Å². The summed E-state index contributed by atoms with van der Waals surface area (Å²) in [6.07, 6.45) is 0. The van der Waals surface area contributed by atoms with Crippen molar-refractivity contribution in [2.45, 2.75) is 0 Å². The Labute approximate surface area is 167 Å². The average molecular weight is 409 g/mol. The van der Waals surface area contributed by atoms with Crippen molar-refractivity contribution in [2.75, 3.05) is 49.9 Å². The molecule has 0 aromatic heterocycles. The van der Waals surface area contributed by atoms with E-state index in [1.54, 1.807) is 30.2 Å². The first-order valence-corrected chi connectivity index (χ1v) is 8.81. The van der Waals surface area contributed by atoms with Crippen molar-refractivity contribution in [1.29, 1.82) is 0 Å². The zero-order valence-electron chi connectivity index (χ0n) is 15.8. The molecule has 0 aliphatic heterocycles. The number of nitrogens with one attached hydrogen (secondary N) is 3. The standard InChI is InChI=1S/C19H22ClFN4O3/c1-25(2)17-7-5-12(10-14(17)18(26)22-8-9-28-3)23-19(27)24-13-4-6-16(21)15(20)11-13/h4-7,10-11H,8-9H2,1-3H3,(H,22,26)(H2,23,24,27). The maximum atomic E-state index is 13.2. The molecule has 0 heterocycles. The van der Waals surface area contributed by atoms with Gasteiger partial charge in [0.15, 0.2) is 0 Å². The summed E-state index contributed by atoms with van der Waals surface area (Å²) in [6, 6.07) is 8.30. The summed E-state index contributed by atoms with van der Waals surface area (Å²) >= 11 is 5.71. The molecule has 3 amide bonds. The van der Waals surface area contributed by atoms with E-state index in [2.05, 4.69) is 16.0 Å². The molecule has 0 radical (unpaired) electrons. The van der Waals surface area contributed by atoms with Gasteiger partial charge in [0.05, 0.1) is 17.2 Å². The van der Waals surface area contributed by atoms with E-state index in [-0.39, 0.29) is 10.9 Å². The topological polar surface area (TPSA) is 82.7 Å². The van der Waals surface area contributed by atoms with Crippen molar-refractivity contribution in [1.82, 2.24) is 5.32 Å². The van der Waals surface area contributed by atoms with Gasteiger partial charge in [0.1, 0.15) is 5.82 Å². The number of anilines is 3. The summed E-state index contributed by atoms with van der Waals surface area (Å²) in [5.74, 6) is -0.855. The Kier molecular flexibility index (Phi) is 7.60. The summed E-state index contributed by atoms with van der Waals surface area (Å²) in [5.41, 5.74) is 1.87. The number of amides is 3. The number of urea groups is 1. The van der Waals surface area contributed by atoms with Gasteiger partial charge < -0.3 is 25.6 Å². The molecule has 0 spiro atoms. The minimum absolute atomic E-state index is 0.0943. The lowest BCUT2D eigenvalue weighted by molar-refractivity contribution is 0.0937. The molecule has 2 aromatic rings. The van der Waals surface area contributed by atoms with Crippen LogP contribution in [0.25, 0.3) is 0 Å². The summed E-state index contributed by atoms with van der Waals surface area (Å²) < 4.78 is 18.1. The van der Waals surface area contributed by atoms with Crippen LogP contribution in [0.2, 0.25) is 5.02 Å². The van der Waals surface area contributed by atoms with Crippen molar-refractivity contribution >= 4 is 40.6 Å². The van der Waals surface area contributed by atoms with Crippen LogP contribution in [0.3, 0.4) is 0 Å². The van der Waals surface area contributed by atoms with Crippen LogP contribution in [0.4, 0.5) is 26.2 Å². The van der Waals surface area contributed by atoms with E-state index < -0.39 is 11.8 Å². The third-order valence-electron chi connectivity index (χ3n) is 3.75. The van der Waals surface area contributed by atoms with Crippen LogP contribution < -0.4 is 20.9 Å². The molecule has 0 saturated carbocycles. The molecule has 28 heavy (non-hydrogen) atoms. The minimum Gasteiger partial charge on any atom is -0.383 e. The van der Waals surface area contributed by atoms with E-state index in [0.29, 0.717) is 35.8 Å². The predicted octanol–water partition coefficient (Wildman–Crippen LogP) is 3.57. The lowest BCUT2D eigenvalue weighted by Crippen LogP contribution is -2.29. The first kappa shape index (κ1) is 21.5. The Balaban J connectivity index is 2.14. The molecule has 0 aliphatic carbocycles. The van der Waals surface area contributed by atoms with Crippen LogP contribution in [0.15, 0.2) is 36.4 Å². The molecule has 3 N–H and O–H groups in total. The van der Waals surface area contributed by atoms with Crippen LogP contribution in [0.5, 0.6) is 0 Å². The van der Waals surface area contributed by atoms with Gasteiger partial charge >= 0.3 is 6.03 Å². The van der Waals surface area contributed by atoms with Crippen molar-refractivity contribution in [2.24, 2.45) is 0 Å². The molecule has 0 atom stereocenters. The van der Waals surface area contributed by atoms with Gasteiger partial charge in [-0.05, 0) is 36.4 Å². The van der Waals surface area contributed by atoms with Gasteiger partial charge in [0.25, 0.3) is 5.91 Å². The minimum atomic E-state index is -0.573. The molecule has 0 bridgehead atoms. The van der Waals surface area contributed by atoms with Crippen molar-refractivity contribution in [3.05, 3.63) is 52.8 Å². The summed E-state index contributed by atoms with van der Waals surface area (Å²) in [7, 11) is 5.19. The number of carbonyl (C=O) groups excluding carboxylic acids is 2. The fourth-order valence-corrected chi connectivity index (χ4v) is 2.60. The van der Waals surface area contributed by atoms with Crippen LogP contribution in [0.1, 0.15) is 10.4 Å². The highest BCUT2D eigenvalue weighted by Gasteiger charge is 2.15. The number of rotatable bonds is 7. The summed E-state index contributed by atoms with van der Waals surface area (Å²) in [5, 5.41) is 7.86. The Morgan fingerprint density at radius 2 is 1.75 bits per heavy atom. The monoisotopic (exact) mass is 408 g/mol. The Morgan fingerprint density at radius 3 is 2.36 bits per heavy atom. The number of carbonyl (C=O) groups is 2. The zero-order valence-corrected chi connectivity index (χ0v) is 16.6. The molecule has 0 saturated heterocycles. The second-order valence-electron chi connectivity index (χ2n) is 6.08. The fourth-order valence-electron chi connectivity index (χ4n) is 2.41. The van der Waals surface area contributed by atoms with Gasteiger partial charge in [-0.1, -0.05) is 11.6 Å². The van der Waals surface area contributed by atoms with E-state index in [0.717, 1.165) is 6.07 Å².